The van der Waals surface area contributed by atoms with Gasteiger partial charge in [-0.3, -0.25) is 9.59 Å². The van der Waals surface area contributed by atoms with E-state index >= 15 is 0 Å². The standard InChI is InChI=1S/C18H26N2O5S/c1-12(2)16(20-9-4-10-26(20,24)25)17(21)19-15-7-5-14(6-8-15)11-13(3)18(22)23/h5-8,12-13,16H,4,9-11H2,1-3H3,(H,19,21)(H,22,23). The lowest BCUT2D eigenvalue weighted by Gasteiger charge is -2.28. The molecular weight excluding hydrogens is 356 g/mol. The summed E-state index contributed by atoms with van der Waals surface area (Å²) in [7, 11) is -3.38. The fourth-order valence-electron chi connectivity index (χ4n) is 3.12. The van der Waals surface area contributed by atoms with E-state index in [2.05, 4.69) is 5.32 Å². The van der Waals surface area contributed by atoms with E-state index in [0.29, 0.717) is 25.1 Å². The molecule has 1 heterocycles. The van der Waals surface area contributed by atoms with Gasteiger partial charge >= 0.3 is 5.97 Å². The fourth-order valence-corrected chi connectivity index (χ4v) is 4.94. The number of carboxylic acid groups (broad SMARTS) is 1. The Morgan fingerprint density at radius 2 is 1.81 bits per heavy atom. The van der Waals surface area contributed by atoms with Crippen molar-refractivity contribution in [2.45, 2.75) is 39.7 Å². The van der Waals surface area contributed by atoms with Crippen molar-refractivity contribution in [1.82, 2.24) is 4.31 Å². The van der Waals surface area contributed by atoms with E-state index < -0.39 is 28.0 Å². The lowest BCUT2D eigenvalue weighted by Crippen LogP contribution is -2.48. The van der Waals surface area contributed by atoms with Gasteiger partial charge in [0.15, 0.2) is 0 Å². The van der Waals surface area contributed by atoms with Crippen LogP contribution in [0.1, 0.15) is 32.8 Å². The Balaban J connectivity index is 2.08. The van der Waals surface area contributed by atoms with Crippen LogP contribution in [0.2, 0.25) is 0 Å². The second-order valence-corrected chi connectivity index (χ2v) is 9.14. The zero-order chi connectivity index (χ0) is 19.5. The molecule has 0 aliphatic carbocycles. The molecule has 144 valence electrons. The van der Waals surface area contributed by atoms with E-state index in [1.807, 2.05) is 13.8 Å². The maximum absolute atomic E-state index is 12.7. The van der Waals surface area contributed by atoms with Crippen molar-refractivity contribution in [2.75, 3.05) is 17.6 Å². The maximum Gasteiger partial charge on any atom is 0.306 e. The Bertz CT molecular complexity index is 758. The van der Waals surface area contributed by atoms with Crippen LogP contribution in [0.25, 0.3) is 0 Å². The third kappa shape index (κ3) is 4.82. The predicted octanol–water partition coefficient (Wildman–Crippen LogP) is 1.95. The number of carbonyl (C=O) groups is 2. The summed E-state index contributed by atoms with van der Waals surface area (Å²) >= 11 is 0. The maximum atomic E-state index is 12.7. The molecule has 2 atom stereocenters. The first-order valence-corrected chi connectivity index (χ1v) is 10.3. The van der Waals surface area contributed by atoms with Crippen LogP contribution in [0.4, 0.5) is 5.69 Å². The summed E-state index contributed by atoms with van der Waals surface area (Å²) in [5.74, 6) is -1.76. The molecule has 7 nitrogen and oxygen atoms in total. The number of sulfonamides is 1. The van der Waals surface area contributed by atoms with Crippen LogP contribution in [0.15, 0.2) is 24.3 Å². The molecule has 1 fully saturated rings. The van der Waals surface area contributed by atoms with Gasteiger partial charge in [-0.25, -0.2) is 8.42 Å². The zero-order valence-electron chi connectivity index (χ0n) is 15.3. The summed E-state index contributed by atoms with van der Waals surface area (Å²) in [5.41, 5.74) is 1.42. The van der Waals surface area contributed by atoms with Crippen molar-refractivity contribution in [3.8, 4) is 0 Å². The molecule has 1 aliphatic rings. The topological polar surface area (TPSA) is 104 Å². The molecule has 1 aromatic rings. The van der Waals surface area contributed by atoms with Gasteiger partial charge in [0.05, 0.1) is 11.7 Å². The fraction of sp³-hybridized carbons (Fsp3) is 0.556. The van der Waals surface area contributed by atoms with Gasteiger partial charge in [-0.1, -0.05) is 32.9 Å². The van der Waals surface area contributed by atoms with Gasteiger partial charge in [0, 0.05) is 12.2 Å². The van der Waals surface area contributed by atoms with Gasteiger partial charge in [-0.05, 0) is 36.5 Å². The van der Waals surface area contributed by atoms with Gasteiger partial charge < -0.3 is 10.4 Å². The van der Waals surface area contributed by atoms with Crippen LogP contribution in [0, 0.1) is 11.8 Å². The van der Waals surface area contributed by atoms with Gasteiger partial charge in [0.1, 0.15) is 6.04 Å². The first-order valence-electron chi connectivity index (χ1n) is 8.74. The highest BCUT2D eigenvalue weighted by Crippen LogP contribution is 2.23. The highest BCUT2D eigenvalue weighted by atomic mass is 32.2. The number of hydrogen-bond donors (Lipinski definition) is 2. The summed E-state index contributed by atoms with van der Waals surface area (Å²) in [6.45, 7) is 5.66. The minimum absolute atomic E-state index is 0.0833. The van der Waals surface area contributed by atoms with Crippen LogP contribution in [-0.4, -0.2) is 48.0 Å². The van der Waals surface area contributed by atoms with Crippen molar-refractivity contribution < 1.29 is 23.1 Å². The average Bonchev–Trinajstić information content (AvgIpc) is 2.88. The van der Waals surface area contributed by atoms with E-state index in [1.165, 1.54) is 4.31 Å². The minimum Gasteiger partial charge on any atom is -0.481 e. The Labute approximate surface area is 154 Å². The molecule has 2 unspecified atom stereocenters. The smallest absolute Gasteiger partial charge is 0.306 e. The summed E-state index contributed by atoms with van der Waals surface area (Å²) in [6.07, 6.45) is 0.944. The number of benzene rings is 1. The normalized spacial score (nSPS) is 19.2. The number of amides is 1. The molecule has 1 amide bonds. The molecule has 8 heteroatoms. The van der Waals surface area contributed by atoms with Crippen LogP contribution in [0.5, 0.6) is 0 Å². The highest BCUT2D eigenvalue weighted by Gasteiger charge is 2.39. The molecule has 26 heavy (non-hydrogen) atoms. The Kier molecular flexibility index (Phi) is 6.41. The predicted molar refractivity (Wildman–Crippen MR) is 99.3 cm³/mol. The van der Waals surface area contributed by atoms with E-state index in [1.54, 1.807) is 31.2 Å². The summed E-state index contributed by atoms with van der Waals surface area (Å²) < 4.78 is 25.6. The average molecular weight is 382 g/mol. The SMILES string of the molecule is CC(Cc1ccc(NC(=O)C(C(C)C)N2CCCS2(=O)=O)cc1)C(=O)O. The number of carbonyl (C=O) groups excluding carboxylic acids is 1. The zero-order valence-corrected chi connectivity index (χ0v) is 16.1. The largest absolute Gasteiger partial charge is 0.481 e. The summed E-state index contributed by atoms with van der Waals surface area (Å²) in [6, 6.07) is 6.21. The molecule has 0 saturated carbocycles. The van der Waals surface area contributed by atoms with Crippen molar-refractivity contribution in [2.24, 2.45) is 11.8 Å². The minimum atomic E-state index is -3.38. The number of aliphatic carboxylic acids is 1. The van der Waals surface area contributed by atoms with Crippen LogP contribution in [-0.2, 0) is 26.0 Å². The van der Waals surface area contributed by atoms with Gasteiger partial charge in [0.2, 0.25) is 15.9 Å². The molecule has 1 aliphatic heterocycles. The lowest BCUT2D eigenvalue weighted by molar-refractivity contribution is -0.141. The number of rotatable bonds is 7. The number of anilines is 1. The molecular formula is C18H26N2O5S. The summed E-state index contributed by atoms with van der Waals surface area (Å²) in [4.78, 5) is 23.6. The van der Waals surface area contributed by atoms with E-state index in [0.717, 1.165) is 5.56 Å². The van der Waals surface area contributed by atoms with Crippen molar-refractivity contribution >= 4 is 27.6 Å². The van der Waals surface area contributed by atoms with E-state index in [-0.39, 0.29) is 17.6 Å². The third-order valence-corrected chi connectivity index (χ3v) is 6.46. The van der Waals surface area contributed by atoms with Crippen LogP contribution in [0.3, 0.4) is 0 Å². The first-order chi connectivity index (χ1) is 12.1. The molecule has 2 rings (SSSR count). The van der Waals surface area contributed by atoms with Crippen LogP contribution < -0.4 is 5.32 Å². The third-order valence-electron chi connectivity index (χ3n) is 4.53. The van der Waals surface area contributed by atoms with E-state index in [9.17, 15) is 18.0 Å². The molecule has 0 aromatic heterocycles. The van der Waals surface area contributed by atoms with E-state index in [4.69, 9.17) is 5.11 Å². The number of nitrogens with zero attached hydrogens (tertiary/aromatic N) is 1. The van der Waals surface area contributed by atoms with Crippen LogP contribution >= 0.6 is 0 Å². The van der Waals surface area contributed by atoms with Crippen molar-refractivity contribution in [3.63, 3.8) is 0 Å². The molecule has 1 saturated heterocycles. The molecule has 0 spiro atoms. The first kappa shape index (κ1) is 20.4. The second-order valence-electron chi connectivity index (χ2n) is 7.10. The van der Waals surface area contributed by atoms with Crippen molar-refractivity contribution in [3.05, 3.63) is 29.8 Å². The van der Waals surface area contributed by atoms with Gasteiger partial charge in [-0.2, -0.15) is 4.31 Å². The summed E-state index contributed by atoms with van der Waals surface area (Å²) in [5, 5.41) is 11.7. The molecule has 0 bridgehead atoms. The van der Waals surface area contributed by atoms with Gasteiger partial charge in [0.25, 0.3) is 0 Å². The lowest BCUT2D eigenvalue weighted by atomic mass is 10.0. The molecule has 0 radical (unpaired) electrons. The number of nitrogens with one attached hydrogen (secondary N) is 1. The number of carboxylic acids is 1. The molecule has 1 aromatic carbocycles. The Hall–Kier alpha value is -1.93. The van der Waals surface area contributed by atoms with Crippen molar-refractivity contribution in [1.29, 1.82) is 0 Å². The molecule has 2 N–H and O–H groups in total. The number of hydrogen-bond acceptors (Lipinski definition) is 4. The van der Waals surface area contributed by atoms with Gasteiger partial charge in [-0.15, -0.1) is 0 Å². The second kappa shape index (κ2) is 8.18. The Morgan fingerprint density at radius 1 is 1.19 bits per heavy atom. The quantitative estimate of drug-likeness (QED) is 0.750. The highest BCUT2D eigenvalue weighted by molar-refractivity contribution is 7.89. The Morgan fingerprint density at radius 3 is 2.27 bits per heavy atom. The monoisotopic (exact) mass is 382 g/mol.